The topological polar surface area (TPSA) is 106 Å². The molecule has 4 rings (SSSR count). The Balaban J connectivity index is 1.77. The van der Waals surface area contributed by atoms with Crippen LogP contribution in [0.5, 0.6) is 0 Å². The third kappa shape index (κ3) is 4.24. The molecule has 0 amide bonds. The van der Waals surface area contributed by atoms with Gasteiger partial charge in [0, 0.05) is 22.7 Å². The Hall–Kier alpha value is -3.41. The van der Waals surface area contributed by atoms with Crippen LogP contribution in [0.3, 0.4) is 0 Å². The molecule has 0 saturated heterocycles. The fraction of sp³-hybridized carbons (Fsp3) is 0.320. The first-order valence-electron chi connectivity index (χ1n) is 10.8. The standard InChI is InChI=1S/C25H27N3O3/c1-2-19(25(30)31)22(26)24(29)17-12-16-13-20(15-8-4-3-5-9-15)28-23(16)21(14-17)27-18-10-6-7-11-18/h3-5,8-9,12-14,18-19,26-28H,2,6-7,10-11H2,1H3,(H,30,31)/t19-/m0/s1. The molecule has 1 aliphatic rings. The first kappa shape index (κ1) is 20.8. The second-order valence-electron chi connectivity index (χ2n) is 8.20. The summed E-state index contributed by atoms with van der Waals surface area (Å²) in [7, 11) is 0. The van der Waals surface area contributed by atoms with E-state index in [4.69, 9.17) is 5.41 Å². The molecule has 0 bridgehead atoms. The number of benzene rings is 2. The van der Waals surface area contributed by atoms with Crippen molar-refractivity contribution >= 4 is 34.1 Å². The van der Waals surface area contributed by atoms with E-state index in [-0.39, 0.29) is 12.1 Å². The van der Waals surface area contributed by atoms with Crippen LogP contribution in [0, 0.1) is 11.3 Å². The normalized spacial score (nSPS) is 15.1. The van der Waals surface area contributed by atoms with Crippen molar-refractivity contribution in [3.8, 4) is 11.3 Å². The SMILES string of the molecule is CC[C@@H](C(=N)C(=O)c1cc(NC2CCCC2)c2[nH]c(-c3ccccc3)cc2c1)C(=O)O. The van der Waals surface area contributed by atoms with Gasteiger partial charge in [0.2, 0.25) is 5.78 Å². The number of fused-ring (bicyclic) bond motifs is 1. The highest BCUT2D eigenvalue weighted by molar-refractivity contribution is 6.48. The number of ketones is 1. The maximum absolute atomic E-state index is 13.0. The van der Waals surface area contributed by atoms with Crippen molar-refractivity contribution in [3.05, 3.63) is 54.1 Å². The summed E-state index contributed by atoms with van der Waals surface area (Å²) < 4.78 is 0. The van der Waals surface area contributed by atoms with Crippen molar-refractivity contribution in [2.45, 2.75) is 45.1 Å². The van der Waals surface area contributed by atoms with Crippen molar-refractivity contribution in [1.29, 1.82) is 5.41 Å². The van der Waals surface area contributed by atoms with E-state index in [0.29, 0.717) is 11.6 Å². The molecule has 6 heteroatoms. The lowest BCUT2D eigenvalue weighted by Gasteiger charge is -2.16. The lowest BCUT2D eigenvalue weighted by atomic mass is 9.93. The molecule has 3 aromatic rings. The summed E-state index contributed by atoms with van der Waals surface area (Å²) in [6, 6.07) is 15.8. The van der Waals surface area contributed by atoms with Crippen molar-refractivity contribution in [3.63, 3.8) is 0 Å². The van der Waals surface area contributed by atoms with Gasteiger partial charge in [0.05, 0.1) is 16.9 Å². The van der Waals surface area contributed by atoms with Crippen molar-refractivity contribution in [2.24, 2.45) is 5.92 Å². The largest absolute Gasteiger partial charge is 0.481 e. The molecular formula is C25H27N3O3. The Morgan fingerprint density at radius 1 is 1.16 bits per heavy atom. The van der Waals surface area contributed by atoms with Crippen molar-refractivity contribution < 1.29 is 14.7 Å². The van der Waals surface area contributed by atoms with Gasteiger partial charge in [-0.05, 0) is 43.0 Å². The summed E-state index contributed by atoms with van der Waals surface area (Å²) in [6.07, 6.45) is 4.73. The molecule has 1 aromatic heterocycles. The molecule has 6 nitrogen and oxygen atoms in total. The van der Waals surface area contributed by atoms with Gasteiger partial charge >= 0.3 is 5.97 Å². The fourth-order valence-corrected chi connectivity index (χ4v) is 4.37. The number of hydrogen-bond acceptors (Lipinski definition) is 4. The van der Waals surface area contributed by atoms with Crippen LogP contribution in [-0.2, 0) is 4.79 Å². The van der Waals surface area contributed by atoms with Crippen LogP contribution in [0.4, 0.5) is 5.69 Å². The molecule has 0 aliphatic heterocycles. The second-order valence-corrected chi connectivity index (χ2v) is 8.20. The molecule has 1 aliphatic carbocycles. The van der Waals surface area contributed by atoms with Crippen LogP contribution < -0.4 is 5.32 Å². The zero-order valence-corrected chi connectivity index (χ0v) is 17.6. The first-order chi connectivity index (χ1) is 15.0. The average molecular weight is 418 g/mol. The van der Waals surface area contributed by atoms with Gasteiger partial charge in [-0.2, -0.15) is 0 Å². The fourth-order valence-electron chi connectivity index (χ4n) is 4.37. The highest BCUT2D eigenvalue weighted by Gasteiger charge is 2.28. The molecule has 0 spiro atoms. The summed E-state index contributed by atoms with van der Waals surface area (Å²) >= 11 is 0. The third-order valence-electron chi connectivity index (χ3n) is 6.09. The number of rotatable bonds is 8. The number of hydrogen-bond donors (Lipinski definition) is 4. The molecule has 31 heavy (non-hydrogen) atoms. The monoisotopic (exact) mass is 417 g/mol. The number of carboxylic acid groups (broad SMARTS) is 1. The number of carboxylic acids is 1. The van der Waals surface area contributed by atoms with Gasteiger partial charge in [-0.1, -0.05) is 50.1 Å². The molecule has 1 atom stereocenters. The van der Waals surface area contributed by atoms with Gasteiger partial charge in [-0.15, -0.1) is 0 Å². The Kier molecular flexibility index (Phi) is 5.89. The maximum atomic E-state index is 13.0. The molecular weight excluding hydrogens is 390 g/mol. The predicted octanol–water partition coefficient (Wildman–Crippen LogP) is 5.50. The first-order valence-corrected chi connectivity index (χ1v) is 10.8. The molecule has 0 unspecified atom stereocenters. The minimum Gasteiger partial charge on any atom is -0.481 e. The third-order valence-corrected chi connectivity index (χ3v) is 6.09. The number of carbonyl (C=O) groups excluding carboxylic acids is 1. The van der Waals surface area contributed by atoms with Crippen molar-refractivity contribution in [1.82, 2.24) is 4.98 Å². The minimum atomic E-state index is -1.14. The molecule has 160 valence electrons. The summed E-state index contributed by atoms with van der Waals surface area (Å²) in [5, 5.41) is 22.0. The van der Waals surface area contributed by atoms with E-state index >= 15 is 0 Å². The number of anilines is 1. The molecule has 1 fully saturated rings. The summed E-state index contributed by atoms with van der Waals surface area (Å²) in [5.41, 5.74) is 3.70. The molecule has 1 heterocycles. The van der Waals surface area contributed by atoms with E-state index in [0.717, 1.165) is 40.7 Å². The van der Waals surface area contributed by atoms with Crippen LogP contribution in [0.1, 0.15) is 49.4 Å². The van der Waals surface area contributed by atoms with Gasteiger partial charge in [0.15, 0.2) is 0 Å². The smallest absolute Gasteiger partial charge is 0.312 e. The van der Waals surface area contributed by atoms with Crippen LogP contribution >= 0.6 is 0 Å². The van der Waals surface area contributed by atoms with E-state index in [2.05, 4.69) is 10.3 Å². The number of aromatic amines is 1. The quantitative estimate of drug-likeness (QED) is 0.287. The highest BCUT2D eigenvalue weighted by Crippen LogP contribution is 2.33. The van der Waals surface area contributed by atoms with Crippen LogP contribution in [-0.4, -0.2) is 33.6 Å². The van der Waals surface area contributed by atoms with E-state index in [9.17, 15) is 14.7 Å². The second kappa shape index (κ2) is 8.76. The number of carbonyl (C=O) groups is 2. The van der Waals surface area contributed by atoms with E-state index < -0.39 is 17.7 Å². The Morgan fingerprint density at radius 3 is 2.52 bits per heavy atom. The molecule has 4 N–H and O–H groups in total. The number of H-pyrrole nitrogens is 1. The van der Waals surface area contributed by atoms with E-state index in [1.807, 2.05) is 36.4 Å². The number of aromatic nitrogens is 1. The number of nitrogens with one attached hydrogen (secondary N) is 3. The lowest BCUT2D eigenvalue weighted by Crippen LogP contribution is -2.29. The molecule has 2 aromatic carbocycles. The maximum Gasteiger partial charge on any atom is 0.312 e. The van der Waals surface area contributed by atoms with Gasteiger partial charge in [-0.25, -0.2) is 0 Å². The Bertz CT molecular complexity index is 1130. The van der Waals surface area contributed by atoms with Crippen LogP contribution in [0.25, 0.3) is 22.2 Å². The lowest BCUT2D eigenvalue weighted by molar-refractivity contribution is -0.139. The number of aliphatic carboxylic acids is 1. The van der Waals surface area contributed by atoms with Gasteiger partial charge in [0.1, 0.15) is 5.92 Å². The van der Waals surface area contributed by atoms with E-state index in [1.54, 1.807) is 19.1 Å². The zero-order valence-electron chi connectivity index (χ0n) is 17.6. The van der Waals surface area contributed by atoms with Gasteiger partial charge in [0.25, 0.3) is 0 Å². The molecule has 1 saturated carbocycles. The highest BCUT2D eigenvalue weighted by atomic mass is 16.4. The summed E-state index contributed by atoms with van der Waals surface area (Å²) in [6.45, 7) is 1.68. The number of Topliss-reactive ketones (excluding diaryl/α,β-unsaturated/α-hetero) is 1. The summed E-state index contributed by atoms with van der Waals surface area (Å²) in [5.74, 6) is -2.77. The van der Waals surface area contributed by atoms with Crippen LogP contribution in [0.15, 0.2) is 48.5 Å². The van der Waals surface area contributed by atoms with Crippen LogP contribution in [0.2, 0.25) is 0 Å². The predicted molar refractivity (Wildman–Crippen MR) is 123 cm³/mol. The Morgan fingerprint density at radius 2 is 1.87 bits per heavy atom. The van der Waals surface area contributed by atoms with E-state index in [1.165, 1.54) is 12.8 Å². The average Bonchev–Trinajstić information content (AvgIpc) is 3.43. The zero-order chi connectivity index (χ0) is 22.0. The van der Waals surface area contributed by atoms with Gasteiger partial charge in [-0.3, -0.25) is 9.59 Å². The molecule has 0 radical (unpaired) electrons. The summed E-state index contributed by atoms with van der Waals surface area (Å²) in [4.78, 5) is 28.0. The van der Waals surface area contributed by atoms with Gasteiger partial charge < -0.3 is 20.8 Å². The van der Waals surface area contributed by atoms with Crippen molar-refractivity contribution in [2.75, 3.05) is 5.32 Å². The Labute approximate surface area is 181 Å². The minimum absolute atomic E-state index is 0.206.